The molecule has 5 aliphatic rings. The van der Waals surface area contributed by atoms with Gasteiger partial charge in [0, 0.05) is 36.8 Å². The lowest BCUT2D eigenvalue weighted by molar-refractivity contribution is -0.137. The van der Waals surface area contributed by atoms with Gasteiger partial charge < -0.3 is 0 Å². The molecule has 9 atom stereocenters. The van der Waals surface area contributed by atoms with E-state index in [1.807, 2.05) is 18.5 Å². The summed E-state index contributed by atoms with van der Waals surface area (Å²) in [7, 11) is 2.27. The van der Waals surface area contributed by atoms with E-state index in [2.05, 4.69) is 23.0 Å². The van der Waals surface area contributed by atoms with Crippen LogP contribution in [0.1, 0.15) is 12.0 Å². The van der Waals surface area contributed by atoms with Crippen LogP contribution in [-0.2, 0) is 11.3 Å². The van der Waals surface area contributed by atoms with E-state index in [1.54, 1.807) is 0 Å². The highest BCUT2D eigenvalue weighted by molar-refractivity contribution is 5.91. The number of hydrogen-bond acceptors (Lipinski definition) is 3. The highest BCUT2D eigenvalue weighted by atomic mass is 16.1. The molecule has 0 aromatic carbocycles. The Hall–Kier alpha value is -1.22. The number of pyridine rings is 1. The first kappa shape index (κ1) is 11.4. The van der Waals surface area contributed by atoms with Gasteiger partial charge in [-0.25, -0.2) is 0 Å². The Balaban J connectivity index is 1.35. The standard InChI is InChI=1S/C18H20N2O/c1-20(7-8-3-2-4-19-6-8)17-13-9-5-10-12-11(9)15(17)16(12)18(21)14(10)13/h2-4,6,9-17H,5,7H2,1H3/t9?,10?,11?,12?,13?,14?,15?,16?,17-/m0/s1. The Morgan fingerprint density at radius 3 is 2.90 bits per heavy atom. The number of Topliss-reactive ketones (excluding diaryl/α,β-unsaturated/α-hetero) is 1. The zero-order valence-corrected chi connectivity index (χ0v) is 12.2. The second-order valence-corrected chi connectivity index (χ2v) is 8.09. The second kappa shape index (κ2) is 3.40. The summed E-state index contributed by atoms with van der Waals surface area (Å²) in [6.07, 6.45) is 5.19. The van der Waals surface area contributed by atoms with Crippen LogP contribution in [0, 0.1) is 47.3 Å². The Bertz CT molecular complexity index is 644. The van der Waals surface area contributed by atoms with Crippen molar-refractivity contribution >= 4 is 5.78 Å². The number of nitrogens with zero attached hydrogens (tertiary/aromatic N) is 2. The van der Waals surface area contributed by atoms with Gasteiger partial charge in [-0.2, -0.15) is 0 Å². The monoisotopic (exact) mass is 280 g/mol. The molecule has 108 valence electrons. The summed E-state index contributed by atoms with van der Waals surface area (Å²) in [6.45, 7) is 0.980. The van der Waals surface area contributed by atoms with Gasteiger partial charge >= 0.3 is 0 Å². The number of ketones is 1. The van der Waals surface area contributed by atoms with Gasteiger partial charge in [0.1, 0.15) is 5.78 Å². The number of carbonyl (C=O) groups is 1. The predicted octanol–water partition coefficient (Wildman–Crippen LogP) is 1.84. The average molecular weight is 280 g/mol. The summed E-state index contributed by atoms with van der Waals surface area (Å²) < 4.78 is 0. The van der Waals surface area contributed by atoms with Gasteiger partial charge in [-0.15, -0.1) is 0 Å². The van der Waals surface area contributed by atoms with Crippen LogP contribution in [0.15, 0.2) is 24.5 Å². The molecule has 8 unspecified atom stereocenters. The van der Waals surface area contributed by atoms with Gasteiger partial charge in [-0.3, -0.25) is 14.7 Å². The lowest BCUT2D eigenvalue weighted by Gasteiger charge is -2.48. The van der Waals surface area contributed by atoms with Crippen LogP contribution in [0.3, 0.4) is 0 Å². The molecule has 5 fully saturated rings. The Labute approximate surface area is 124 Å². The van der Waals surface area contributed by atoms with Gasteiger partial charge in [0.05, 0.1) is 0 Å². The summed E-state index contributed by atoms with van der Waals surface area (Å²) in [5.41, 5.74) is 1.30. The summed E-state index contributed by atoms with van der Waals surface area (Å²) in [5, 5.41) is 0. The van der Waals surface area contributed by atoms with Crippen LogP contribution in [0.2, 0.25) is 0 Å². The molecule has 1 aromatic rings. The minimum Gasteiger partial charge on any atom is -0.299 e. The number of hydrogen-bond donors (Lipinski definition) is 0. The van der Waals surface area contributed by atoms with Crippen molar-refractivity contribution in [3.05, 3.63) is 30.1 Å². The third-order valence-electron chi connectivity index (χ3n) is 7.73. The molecule has 3 nitrogen and oxygen atoms in total. The quantitative estimate of drug-likeness (QED) is 0.847. The zero-order valence-electron chi connectivity index (χ0n) is 12.2. The van der Waals surface area contributed by atoms with Crippen molar-refractivity contribution in [3.63, 3.8) is 0 Å². The normalized spacial score (nSPS) is 54.0. The smallest absolute Gasteiger partial charge is 0.140 e. The maximum atomic E-state index is 12.6. The number of aromatic nitrogens is 1. The third-order valence-corrected chi connectivity index (χ3v) is 7.73. The lowest BCUT2D eigenvalue weighted by Crippen LogP contribution is -2.54. The molecule has 5 aliphatic carbocycles. The maximum absolute atomic E-state index is 12.6. The highest BCUT2D eigenvalue weighted by Gasteiger charge is 2.83. The molecule has 5 saturated carbocycles. The fourth-order valence-corrected chi connectivity index (χ4v) is 7.59. The van der Waals surface area contributed by atoms with Crippen molar-refractivity contribution in [2.45, 2.75) is 19.0 Å². The fraction of sp³-hybridized carbons (Fsp3) is 0.667. The Morgan fingerprint density at radius 1 is 1.19 bits per heavy atom. The maximum Gasteiger partial charge on any atom is 0.140 e. The summed E-state index contributed by atoms with van der Waals surface area (Å²) in [5.74, 6) is 6.35. The number of fused-ring (bicyclic) bond motifs is 2. The molecule has 1 heterocycles. The average Bonchev–Trinajstić information content (AvgIpc) is 2.98. The summed E-state index contributed by atoms with van der Waals surface area (Å²) in [4.78, 5) is 19.4. The molecule has 0 N–H and O–H groups in total. The van der Waals surface area contributed by atoms with Crippen molar-refractivity contribution in [3.8, 4) is 0 Å². The van der Waals surface area contributed by atoms with Crippen LogP contribution < -0.4 is 0 Å². The second-order valence-electron chi connectivity index (χ2n) is 8.09. The van der Waals surface area contributed by atoms with E-state index in [0.717, 1.165) is 30.2 Å². The molecule has 0 radical (unpaired) electrons. The van der Waals surface area contributed by atoms with E-state index < -0.39 is 0 Å². The third kappa shape index (κ3) is 1.06. The Kier molecular flexibility index (Phi) is 1.84. The SMILES string of the molecule is CN(Cc1cccnc1)[C@H]1C2C3CC4C2C(=O)C2C4C3C21. The van der Waals surface area contributed by atoms with Crippen LogP contribution in [0.4, 0.5) is 0 Å². The molecular formula is C18H20N2O. The first-order valence-corrected chi connectivity index (χ1v) is 8.40. The van der Waals surface area contributed by atoms with E-state index in [-0.39, 0.29) is 0 Å². The summed E-state index contributed by atoms with van der Waals surface area (Å²) in [6, 6.07) is 4.85. The number of carbonyl (C=O) groups excluding carboxylic acids is 1. The van der Waals surface area contributed by atoms with E-state index in [0.29, 0.717) is 35.5 Å². The van der Waals surface area contributed by atoms with Crippen LogP contribution in [0.25, 0.3) is 0 Å². The van der Waals surface area contributed by atoms with Crippen LogP contribution in [0.5, 0.6) is 0 Å². The zero-order chi connectivity index (χ0) is 13.9. The van der Waals surface area contributed by atoms with Crippen molar-refractivity contribution < 1.29 is 4.79 Å². The van der Waals surface area contributed by atoms with E-state index in [4.69, 9.17) is 0 Å². The molecule has 1 aromatic heterocycles. The van der Waals surface area contributed by atoms with Crippen LogP contribution >= 0.6 is 0 Å². The molecule has 6 rings (SSSR count). The number of rotatable bonds is 3. The molecule has 0 amide bonds. The minimum atomic E-state index is 0.446. The van der Waals surface area contributed by atoms with E-state index >= 15 is 0 Å². The highest BCUT2D eigenvalue weighted by Crippen LogP contribution is 2.82. The minimum absolute atomic E-state index is 0.446. The van der Waals surface area contributed by atoms with Crippen molar-refractivity contribution in [2.24, 2.45) is 47.3 Å². The van der Waals surface area contributed by atoms with Gasteiger partial charge in [-0.1, -0.05) is 6.07 Å². The van der Waals surface area contributed by atoms with Gasteiger partial charge in [-0.05, 0) is 60.6 Å². The van der Waals surface area contributed by atoms with E-state index in [9.17, 15) is 4.79 Å². The molecular weight excluding hydrogens is 260 g/mol. The molecule has 0 saturated heterocycles. The van der Waals surface area contributed by atoms with E-state index in [1.165, 1.54) is 12.0 Å². The molecule has 0 aliphatic heterocycles. The fourth-order valence-electron chi connectivity index (χ4n) is 7.59. The molecule has 3 heteroatoms. The molecule has 2 bridgehead atoms. The first-order chi connectivity index (χ1) is 10.3. The largest absolute Gasteiger partial charge is 0.299 e. The van der Waals surface area contributed by atoms with Crippen LogP contribution in [-0.4, -0.2) is 28.8 Å². The lowest BCUT2D eigenvalue weighted by atomic mass is 9.58. The topological polar surface area (TPSA) is 33.2 Å². The Morgan fingerprint density at radius 2 is 2.10 bits per heavy atom. The molecule has 21 heavy (non-hydrogen) atoms. The van der Waals surface area contributed by atoms with Crippen molar-refractivity contribution in [2.75, 3.05) is 7.05 Å². The molecule has 0 spiro atoms. The first-order valence-electron chi connectivity index (χ1n) is 8.40. The van der Waals surface area contributed by atoms with Crippen molar-refractivity contribution in [1.29, 1.82) is 0 Å². The van der Waals surface area contributed by atoms with Gasteiger partial charge in [0.2, 0.25) is 0 Å². The van der Waals surface area contributed by atoms with Crippen molar-refractivity contribution in [1.82, 2.24) is 9.88 Å². The predicted molar refractivity (Wildman–Crippen MR) is 77.0 cm³/mol. The van der Waals surface area contributed by atoms with Gasteiger partial charge in [0.15, 0.2) is 0 Å². The van der Waals surface area contributed by atoms with Gasteiger partial charge in [0.25, 0.3) is 0 Å². The summed E-state index contributed by atoms with van der Waals surface area (Å²) >= 11 is 0.